The number of hydrogen-bond acceptors (Lipinski definition) is 11. The average molecular weight is 397 g/mol. The van der Waals surface area contributed by atoms with E-state index in [1.54, 1.807) is 0 Å². The van der Waals surface area contributed by atoms with E-state index in [1.807, 2.05) is 0 Å². The lowest BCUT2D eigenvalue weighted by Gasteiger charge is -2.46. The first kappa shape index (κ1) is 22.4. The molecule has 2 aliphatic heterocycles. The smallest absolute Gasteiger partial charge is 0.217 e. The summed E-state index contributed by atoms with van der Waals surface area (Å²) in [6.07, 6.45) is -12.4. The van der Waals surface area contributed by atoms with Gasteiger partial charge in [0, 0.05) is 14.0 Å². The highest BCUT2D eigenvalue weighted by Crippen LogP contribution is 2.29. The summed E-state index contributed by atoms with van der Waals surface area (Å²) in [4.78, 5) is 11.4. The highest BCUT2D eigenvalue weighted by atomic mass is 16.7. The summed E-state index contributed by atoms with van der Waals surface area (Å²) in [7, 11) is 1.25. The Hall–Kier alpha value is -0.930. The fourth-order valence-corrected chi connectivity index (χ4v) is 3.16. The second kappa shape index (κ2) is 9.52. The number of carbonyl (C=O) groups excluding carboxylic acids is 1. The van der Waals surface area contributed by atoms with Crippen molar-refractivity contribution in [2.24, 2.45) is 0 Å². The molecular formula is C15H27NO11. The molecule has 158 valence electrons. The largest absolute Gasteiger partial charge is 0.394 e. The van der Waals surface area contributed by atoms with Crippen LogP contribution in [0.4, 0.5) is 0 Å². The zero-order chi connectivity index (χ0) is 20.3. The van der Waals surface area contributed by atoms with E-state index in [1.165, 1.54) is 14.0 Å². The monoisotopic (exact) mass is 397 g/mol. The van der Waals surface area contributed by atoms with Crippen LogP contribution in [0.1, 0.15) is 6.92 Å². The normalized spacial score (nSPS) is 45.5. The first-order valence-corrected chi connectivity index (χ1v) is 8.45. The summed E-state index contributed by atoms with van der Waals surface area (Å²) >= 11 is 0. The van der Waals surface area contributed by atoms with E-state index < -0.39 is 80.5 Å². The van der Waals surface area contributed by atoms with Crippen molar-refractivity contribution in [2.45, 2.75) is 68.3 Å². The molecule has 2 saturated heterocycles. The fraction of sp³-hybridized carbons (Fsp3) is 0.933. The van der Waals surface area contributed by atoms with Gasteiger partial charge in [-0.15, -0.1) is 0 Å². The quantitative estimate of drug-likeness (QED) is 0.228. The molecule has 0 spiro atoms. The van der Waals surface area contributed by atoms with E-state index in [9.17, 15) is 35.4 Å². The Kier molecular flexibility index (Phi) is 7.88. The van der Waals surface area contributed by atoms with Gasteiger partial charge in [0.25, 0.3) is 0 Å². The Bertz CT molecular complexity index is 492. The van der Waals surface area contributed by atoms with Crippen LogP contribution < -0.4 is 5.32 Å². The summed E-state index contributed by atoms with van der Waals surface area (Å²) in [5, 5.41) is 61.8. The van der Waals surface area contributed by atoms with Crippen LogP contribution in [0.25, 0.3) is 0 Å². The van der Waals surface area contributed by atoms with Gasteiger partial charge in [-0.3, -0.25) is 4.79 Å². The van der Waals surface area contributed by atoms with Gasteiger partial charge >= 0.3 is 0 Å². The molecule has 0 bridgehead atoms. The number of hydrogen-bond donors (Lipinski definition) is 7. The summed E-state index contributed by atoms with van der Waals surface area (Å²) in [6.45, 7) is -0.0663. The van der Waals surface area contributed by atoms with Crippen LogP contribution >= 0.6 is 0 Å². The Morgan fingerprint density at radius 3 is 2.04 bits per heavy atom. The molecule has 2 aliphatic rings. The van der Waals surface area contributed by atoms with E-state index in [0.29, 0.717) is 0 Å². The van der Waals surface area contributed by atoms with Gasteiger partial charge in [-0.25, -0.2) is 0 Å². The number of aliphatic hydroxyl groups is 6. The van der Waals surface area contributed by atoms with Crippen molar-refractivity contribution in [2.75, 3.05) is 20.3 Å². The van der Waals surface area contributed by atoms with Crippen LogP contribution in [0.2, 0.25) is 0 Å². The molecule has 0 unspecified atom stereocenters. The summed E-state index contributed by atoms with van der Waals surface area (Å²) in [5.41, 5.74) is 0. The molecule has 1 amide bonds. The summed E-state index contributed by atoms with van der Waals surface area (Å²) in [5.74, 6) is -0.551. The lowest BCUT2D eigenvalue weighted by atomic mass is 9.95. The molecule has 0 aromatic rings. The predicted molar refractivity (Wildman–Crippen MR) is 85.0 cm³/mol. The Morgan fingerprint density at radius 1 is 0.926 bits per heavy atom. The van der Waals surface area contributed by atoms with Crippen LogP contribution in [0.5, 0.6) is 0 Å². The van der Waals surface area contributed by atoms with Crippen molar-refractivity contribution < 1.29 is 54.4 Å². The molecule has 0 radical (unpaired) electrons. The van der Waals surface area contributed by atoms with Crippen LogP contribution in [-0.2, 0) is 23.7 Å². The van der Waals surface area contributed by atoms with Crippen molar-refractivity contribution in [3.8, 4) is 0 Å². The second-order valence-corrected chi connectivity index (χ2v) is 6.48. The topological polar surface area (TPSA) is 187 Å². The minimum Gasteiger partial charge on any atom is -0.394 e. The van der Waals surface area contributed by atoms with Crippen molar-refractivity contribution in [1.29, 1.82) is 0 Å². The fourth-order valence-electron chi connectivity index (χ4n) is 3.16. The van der Waals surface area contributed by atoms with Crippen molar-refractivity contribution >= 4 is 5.91 Å². The molecule has 27 heavy (non-hydrogen) atoms. The number of rotatable bonds is 6. The third-order valence-corrected chi connectivity index (χ3v) is 4.59. The van der Waals surface area contributed by atoms with Gasteiger partial charge in [0.15, 0.2) is 12.6 Å². The van der Waals surface area contributed by atoms with Gasteiger partial charge in [-0.2, -0.15) is 0 Å². The zero-order valence-corrected chi connectivity index (χ0v) is 14.9. The lowest BCUT2D eigenvalue weighted by molar-refractivity contribution is -0.344. The molecule has 12 heteroatoms. The molecule has 0 aliphatic carbocycles. The van der Waals surface area contributed by atoms with E-state index >= 15 is 0 Å². The molecule has 0 saturated carbocycles. The maximum absolute atomic E-state index is 11.4. The number of carbonyl (C=O) groups is 1. The van der Waals surface area contributed by atoms with E-state index in [2.05, 4.69) is 5.32 Å². The predicted octanol–water partition coefficient (Wildman–Crippen LogP) is -4.60. The minimum absolute atomic E-state index is 0.551. The number of ether oxygens (including phenoxy) is 4. The molecule has 0 aromatic heterocycles. The molecule has 0 aromatic carbocycles. The molecule has 2 heterocycles. The van der Waals surface area contributed by atoms with Crippen LogP contribution in [0.15, 0.2) is 0 Å². The molecule has 7 N–H and O–H groups in total. The van der Waals surface area contributed by atoms with Gasteiger partial charge in [0.2, 0.25) is 5.91 Å². The number of methoxy groups -OCH3 is 1. The zero-order valence-electron chi connectivity index (χ0n) is 14.9. The third-order valence-electron chi connectivity index (χ3n) is 4.59. The lowest BCUT2D eigenvalue weighted by Crippen LogP contribution is -2.67. The van der Waals surface area contributed by atoms with Crippen molar-refractivity contribution in [3.63, 3.8) is 0 Å². The maximum Gasteiger partial charge on any atom is 0.217 e. The Balaban J connectivity index is 2.22. The SMILES string of the molecule is CO[C@@H]1O[C@H](CO)[C@@H](O[C@@H]2O[C@H](CO)[C@H](O)[C@H](O)[C@H]2NC(C)=O)[C@H](O)[C@H]1O. The highest BCUT2D eigenvalue weighted by molar-refractivity contribution is 5.73. The van der Waals surface area contributed by atoms with Gasteiger partial charge in [0.1, 0.15) is 48.8 Å². The van der Waals surface area contributed by atoms with Crippen molar-refractivity contribution in [3.05, 3.63) is 0 Å². The van der Waals surface area contributed by atoms with Gasteiger partial charge < -0.3 is 54.9 Å². The average Bonchev–Trinajstić information content (AvgIpc) is 2.64. The first-order valence-electron chi connectivity index (χ1n) is 8.45. The van der Waals surface area contributed by atoms with Crippen molar-refractivity contribution in [1.82, 2.24) is 5.32 Å². The van der Waals surface area contributed by atoms with Gasteiger partial charge in [0.05, 0.1) is 13.2 Å². The Morgan fingerprint density at radius 2 is 1.52 bits per heavy atom. The van der Waals surface area contributed by atoms with Gasteiger partial charge in [-0.05, 0) is 0 Å². The van der Waals surface area contributed by atoms with E-state index in [4.69, 9.17) is 18.9 Å². The number of amides is 1. The van der Waals surface area contributed by atoms with Gasteiger partial charge in [-0.1, -0.05) is 0 Å². The molecular weight excluding hydrogens is 370 g/mol. The van der Waals surface area contributed by atoms with Crippen LogP contribution in [0, 0.1) is 0 Å². The minimum atomic E-state index is -1.56. The molecule has 10 atom stereocenters. The van der Waals surface area contributed by atoms with Crippen LogP contribution in [-0.4, -0.2) is 118 Å². The molecule has 2 rings (SSSR count). The second-order valence-electron chi connectivity index (χ2n) is 6.48. The highest BCUT2D eigenvalue weighted by Gasteiger charge is 2.51. The standard InChI is InChI=1S/C15H27NO11/c1-5(19)16-8-10(21)9(20)6(3-17)25-14(8)27-13-7(4-18)26-15(24-2)12(23)11(13)22/h6-15,17-18,20-23H,3-4H2,1-2H3,(H,16,19)/t6-,7-,8-,9+,10-,11-,12-,13-,14+,15-/m1/s1. The third kappa shape index (κ3) is 4.74. The van der Waals surface area contributed by atoms with Crippen LogP contribution in [0.3, 0.4) is 0 Å². The molecule has 2 fully saturated rings. The first-order chi connectivity index (χ1) is 12.7. The molecule has 12 nitrogen and oxygen atoms in total. The van der Waals surface area contributed by atoms with E-state index in [-0.39, 0.29) is 0 Å². The summed E-state index contributed by atoms with van der Waals surface area (Å²) in [6, 6.07) is -1.25. The maximum atomic E-state index is 11.4. The number of aliphatic hydroxyl groups excluding tert-OH is 6. The Labute approximate surface area is 155 Å². The number of nitrogens with one attached hydrogen (secondary N) is 1. The van der Waals surface area contributed by atoms with E-state index in [0.717, 1.165) is 0 Å². The summed E-state index contributed by atoms with van der Waals surface area (Å²) < 4.78 is 21.2.